The number of aliphatic carboxylic acids is 1. The van der Waals surface area contributed by atoms with Crippen molar-refractivity contribution in [2.45, 2.75) is 18.1 Å². The van der Waals surface area contributed by atoms with Gasteiger partial charge in [0.15, 0.2) is 5.17 Å². The maximum absolute atomic E-state index is 11.6. The van der Waals surface area contributed by atoms with Crippen molar-refractivity contribution in [3.8, 4) is 0 Å². The Bertz CT molecular complexity index is 775. The van der Waals surface area contributed by atoms with Gasteiger partial charge >= 0.3 is 5.97 Å². The molecule has 7 nitrogen and oxygen atoms in total. The van der Waals surface area contributed by atoms with Gasteiger partial charge in [-0.05, 0) is 29.7 Å². The first kappa shape index (κ1) is 17.2. The van der Waals surface area contributed by atoms with Crippen molar-refractivity contribution in [2.24, 2.45) is 10.2 Å². The molecule has 3 rings (SSSR count). The fourth-order valence-corrected chi connectivity index (χ4v) is 3.72. The van der Waals surface area contributed by atoms with E-state index in [4.69, 9.17) is 5.11 Å². The molecule has 1 atom stereocenters. The summed E-state index contributed by atoms with van der Waals surface area (Å²) in [6, 6.07) is 6.11. The third-order valence-corrected chi connectivity index (χ3v) is 5.01. The van der Waals surface area contributed by atoms with Crippen LogP contribution in [0.2, 0.25) is 0 Å². The van der Waals surface area contributed by atoms with Crippen LogP contribution < -0.4 is 10.2 Å². The maximum Gasteiger partial charge on any atom is 0.305 e. The lowest BCUT2D eigenvalue weighted by Crippen LogP contribution is -2.26. The molecule has 0 saturated carbocycles. The number of carboxylic acids is 1. The van der Waals surface area contributed by atoms with Crippen molar-refractivity contribution in [1.82, 2.24) is 5.32 Å². The Balaban J connectivity index is 1.64. The fraction of sp³-hybridized carbons (Fsp3) is 0.294. The molecule has 1 saturated heterocycles. The molecule has 2 N–H and O–H groups in total. The van der Waals surface area contributed by atoms with Gasteiger partial charge in [0.05, 0.1) is 12.6 Å². The van der Waals surface area contributed by atoms with E-state index in [-0.39, 0.29) is 12.3 Å². The smallest absolute Gasteiger partial charge is 0.305 e. The van der Waals surface area contributed by atoms with Crippen LogP contribution in [0.1, 0.15) is 17.5 Å². The minimum Gasteiger partial charge on any atom is -0.481 e. The number of fused-ring (bicyclic) bond motifs is 1. The van der Waals surface area contributed by atoms with Gasteiger partial charge in [-0.2, -0.15) is 5.10 Å². The Morgan fingerprint density at radius 1 is 1.52 bits per heavy atom. The van der Waals surface area contributed by atoms with Crippen molar-refractivity contribution in [1.29, 1.82) is 0 Å². The number of carbonyl (C=O) groups excluding carboxylic acids is 1. The van der Waals surface area contributed by atoms with Crippen LogP contribution in [0.25, 0.3) is 0 Å². The number of rotatable bonds is 6. The Labute approximate surface area is 149 Å². The summed E-state index contributed by atoms with van der Waals surface area (Å²) in [5.41, 5.74) is 3.42. The second-order valence-corrected chi connectivity index (χ2v) is 6.91. The predicted octanol–water partition coefficient (Wildman–Crippen LogP) is 1.63. The van der Waals surface area contributed by atoms with Crippen LogP contribution >= 0.6 is 11.8 Å². The summed E-state index contributed by atoms with van der Waals surface area (Å²) in [5.74, 6) is -1.36. The van der Waals surface area contributed by atoms with Crippen LogP contribution in [-0.4, -0.2) is 46.7 Å². The number of nitrogens with zero attached hydrogens (tertiary/aromatic N) is 3. The zero-order valence-corrected chi connectivity index (χ0v) is 14.3. The zero-order valence-electron chi connectivity index (χ0n) is 13.5. The normalized spacial score (nSPS) is 21.0. The van der Waals surface area contributed by atoms with E-state index in [0.29, 0.717) is 5.17 Å². The number of nitrogens with one attached hydrogen (secondary N) is 1. The highest BCUT2D eigenvalue weighted by Gasteiger charge is 2.32. The average Bonchev–Trinajstić information content (AvgIpc) is 3.11. The molecule has 0 bridgehead atoms. The molecule has 0 aromatic heterocycles. The molecular formula is C17H18N4O3S. The number of carboxylic acid groups (broad SMARTS) is 1. The van der Waals surface area contributed by atoms with Gasteiger partial charge in [0.25, 0.3) is 0 Å². The molecule has 1 unspecified atom stereocenters. The summed E-state index contributed by atoms with van der Waals surface area (Å²) in [4.78, 5) is 24.6. The molecule has 2 aliphatic heterocycles. The van der Waals surface area contributed by atoms with Gasteiger partial charge in [-0.1, -0.05) is 23.9 Å². The standard InChI is InChI=1S/C17H18N4O3S/c1-2-6-21-7-5-12-8-11(3-4-13(12)21)10-18-20-17-19-16(24)14(25-17)9-15(22)23/h2-4,8,10,14H,1,5-7,9H2,(H,22,23)(H,19,20,24). The first-order valence-corrected chi connectivity index (χ1v) is 8.74. The number of anilines is 1. The minimum absolute atomic E-state index is 0.231. The van der Waals surface area contributed by atoms with E-state index in [0.717, 1.165) is 36.8 Å². The van der Waals surface area contributed by atoms with Crippen molar-refractivity contribution in [3.63, 3.8) is 0 Å². The van der Waals surface area contributed by atoms with Gasteiger partial charge in [0.1, 0.15) is 5.25 Å². The molecule has 1 aromatic rings. The molecule has 25 heavy (non-hydrogen) atoms. The van der Waals surface area contributed by atoms with E-state index in [1.165, 1.54) is 11.3 Å². The van der Waals surface area contributed by atoms with Crippen LogP contribution in [0.15, 0.2) is 41.1 Å². The monoisotopic (exact) mass is 358 g/mol. The lowest BCUT2D eigenvalue weighted by atomic mass is 10.1. The van der Waals surface area contributed by atoms with Gasteiger partial charge in [0, 0.05) is 18.8 Å². The maximum atomic E-state index is 11.6. The van der Waals surface area contributed by atoms with Crippen LogP contribution in [0.3, 0.4) is 0 Å². The molecular weight excluding hydrogens is 340 g/mol. The van der Waals surface area contributed by atoms with Gasteiger partial charge < -0.3 is 15.3 Å². The minimum atomic E-state index is -1.01. The number of carbonyl (C=O) groups is 2. The SMILES string of the molecule is C=CCN1CCc2cc(C=NN=C3NC(=O)C(CC(=O)O)S3)ccc21. The largest absolute Gasteiger partial charge is 0.481 e. The van der Waals surface area contributed by atoms with E-state index in [1.54, 1.807) is 6.21 Å². The fourth-order valence-electron chi connectivity index (χ4n) is 2.81. The molecule has 2 heterocycles. The summed E-state index contributed by atoms with van der Waals surface area (Å²) >= 11 is 1.09. The molecule has 8 heteroatoms. The number of amidine groups is 1. The summed E-state index contributed by atoms with van der Waals surface area (Å²) in [7, 11) is 0. The Hall–Kier alpha value is -2.61. The Kier molecular flexibility index (Phi) is 5.18. The predicted molar refractivity (Wildman–Crippen MR) is 99.4 cm³/mol. The van der Waals surface area contributed by atoms with Crippen LogP contribution in [0.5, 0.6) is 0 Å². The lowest BCUT2D eigenvalue weighted by Gasteiger charge is -2.16. The summed E-state index contributed by atoms with van der Waals surface area (Å²) in [5, 5.41) is 18.9. The number of hydrogen-bond acceptors (Lipinski definition) is 6. The third kappa shape index (κ3) is 4.08. The number of amides is 1. The molecule has 0 radical (unpaired) electrons. The summed E-state index contributed by atoms with van der Waals surface area (Å²) < 4.78 is 0. The Morgan fingerprint density at radius 3 is 3.12 bits per heavy atom. The first-order valence-electron chi connectivity index (χ1n) is 7.86. The van der Waals surface area contributed by atoms with Gasteiger partial charge in [-0.15, -0.1) is 11.7 Å². The van der Waals surface area contributed by atoms with E-state index in [1.807, 2.05) is 12.1 Å². The summed E-state index contributed by atoms with van der Waals surface area (Å²) in [6.45, 7) is 5.60. The zero-order chi connectivity index (χ0) is 17.8. The van der Waals surface area contributed by atoms with Gasteiger partial charge in [0.2, 0.25) is 5.91 Å². The van der Waals surface area contributed by atoms with Crippen LogP contribution in [0.4, 0.5) is 5.69 Å². The quantitative estimate of drug-likeness (QED) is 0.458. The van der Waals surface area contributed by atoms with Crippen LogP contribution in [0, 0.1) is 0 Å². The van der Waals surface area contributed by atoms with Gasteiger partial charge in [-0.3, -0.25) is 9.59 Å². The molecule has 0 aliphatic carbocycles. The highest BCUT2D eigenvalue weighted by molar-refractivity contribution is 8.15. The van der Waals surface area contributed by atoms with Crippen molar-refractivity contribution < 1.29 is 14.7 Å². The van der Waals surface area contributed by atoms with Crippen molar-refractivity contribution >= 4 is 40.7 Å². The third-order valence-electron chi connectivity index (χ3n) is 3.94. The first-order chi connectivity index (χ1) is 12.1. The van der Waals surface area contributed by atoms with E-state index < -0.39 is 11.2 Å². The molecule has 1 aromatic carbocycles. The van der Waals surface area contributed by atoms with Crippen molar-refractivity contribution in [2.75, 3.05) is 18.0 Å². The highest BCUT2D eigenvalue weighted by atomic mass is 32.2. The van der Waals surface area contributed by atoms with Crippen molar-refractivity contribution in [3.05, 3.63) is 42.0 Å². The second kappa shape index (κ2) is 7.52. The second-order valence-electron chi connectivity index (χ2n) is 5.72. The number of thioether (sulfide) groups is 1. The van der Waals surface area contributed by atoms with E-state index in [2.05, 4.69) is 39.1 Å². The summed E-state index contributed by atoms with van der Waals surface area (Å²) in [6.07, 6.45) is 4.28. The molecule has 1 fully saturated rings. The highest BCUT2D eigenvalue weighted by Crippen LogP contribution is 2.28. The van der Waals surface area contributed by atoms with E-state index in [9.17, 15) is 9.59 Å². The molecule has 130 valence electrons. The van der Waals surface area contributed by atoms with Crippen LogP contribution in [-0.2, 0) is 16.0 Å². The Morgan fingerprint density at radius 2 is 2.36 bits per heavy atom. The lowest BCUT2D eigenvalue weighted by molar-refractivity contribution is -0.138. The molecule has 2 aliphatic rings. The van der Waals surface area contributed by atoms with E-state index >= 15 is 0 Å². The topological polar surface area (TPSA) is 94.4 Å². The number of benzene rings is 1. The number of hydrogen-bond donors (Lipinski definition) is 2. The average molecular weight is 358 g/mol. The van der Waals surface area contributed by atoms with Gasteiger partial charge in [-0.25, -0.2) is 0 Å². The molecule has 1 amide bonds. The molecule has 0 spiro atoms.